The predicted octanol–water partition coefficient (Wildman–Crippen LogP) is 4.75. The highest BCUT2D eigenvalue weighted by Gasteiger charge is 2.15. The molecule has 0 aliphatic carbocycles. The van der Waals surface area contributed by atoms with E-state index in [1.165, 1.54) is 12.1 Å². The highest BCUT2D eigenvalue weighted by Crippen LogP contribution is 2.32. The summed E-state index contributed by atoms with van der Waals surface area (Å²) in [4.78, 5) is 4.87. The Kier molecular flexibility index (Phi) is 3.38. The van der Waals surface area contributed by atoms with Gasteiger partial charge in [-0.05, 0) is 37.3 Å². The Morgan fingerprint density at radius 3 is 2.33 bits per heavy atom. The molecule has 0 aliphatic heterocycles. The number of pyridine rings is 1. The van der Waals surface area contributed by atoms with Crippen LogP contribution in [0.5, 0.6) is 0 Å². The van der Waals surface area contributed by atoms with Crippen LogP contribution in [0.15, 0.2) is 60.7 Å². The summed E-state index contributed by atoms with van der Waals surface area (Å²) in [6.07, 6.45) is 0. The van der Waals surface area contributed by atoms with Gasteiger partial charge < -0.3 is 0 Å². The quantitative estimate of drug-likeness (QED) is 0.534. The minimum Gasteiger partial charge on any atom is -0.268 e. The van der Waals surface area contributed by atoms with Gasteiger partial charge in [0.15, 0.2) is 0 Å². The highest BCUT2D eigenvalue weighted by molar-refractivity contribution is 5.96. The fourth-order valence-corrected chi connectivity index (χ4v) is 3.05. The summed E-state index contributed by atoms with van der Waals surface area (Å²) >= 11 is 0. The van der Waals surface area contributed by atoms with Crippen LogP contribution >= 0.6 is 0 Å². The lowest BCUT2D eigenvalue weighted by Crippen LogP contribution is -1.93. The molecule has 4 rings (SSSR count). The molecule has 0 saturated carbocycles. The molecular formula is C20H16FN3. The molecular weight excluding hydrogens is 301 g/mol. The van der Waals surface area contributed by atoms with E-state index in [1.54, 1.807) is 12.1 Å². The van der Waals surface area contributed by atoms with Crippen molar-refractivity contribution >= 4 is 10.9 Å². The number of aryl methyl sites for hydroxylation is 2. The van der Waals surface area contributed by atoms with Gasteiger partial charge in [0.1, 0.15) is 5.82 Å². The smallest absolute Gasteiger partial charge is 0.123 e. The van der Waals surface area contributed by atoms with Crippen molar-refractivity contribution < 1.29 is 4.39 Å². The topological polar surface area (TPSA) is 30.7 Å². The average Bonchev–Trinajstić information content (AvgIpc) is 2.90. The summed E-state index contributed by atoms with van der Waals surface area (Å²) in [5.41, 5.74) is 5.60. The summed E-state index contributed by atoms with van der Waals surface area (Å²) in [6, 6.07) is 18.5. The van der Waals surface area contributed by atoms with E-state index in [1.807, 2.05) is 55.1 Å². The number of benzene rings is 2. The first kappa shape index (κ1) is 14.6. The number of hydrogen-bond acceptors (Lipinski definition) is 2. The lowest BCUT2D eigenvalue weighted by molar-refractivity contribution is 0.628. The second kappa shape index (κ2) is 5.57. The number of halogens is 1. The second-order valence-corrected chi connectivity index (χ2v) is 5.83. The second-order valence-electron chi connectivity index (χ2n) is 5.83. The number of aromatic nitrogens is 3. The highest BCUT2D eigenvalue weighted by atomic mass is 19.1. The fraction of sp³-hybridized carbons (Fsp3) is 0.100. The summed E-state index contributed by atoms with van der Waals surface area (Å²) in [6.45, 7) is 1.99. The van der Waals surface area contributed by atoms with Crippen LogP contribution in [0.4, 0.5) is 4.39 Å². The Bertz CT molecular complexity index is 1020. The van der Waals surface area contributed by atoms with Crippen LogP contribution in [0.1, 0.15) is 5.69 Å². The average molecular weight is 317 g/mol. The normalized spacial score (nSPS) is 11.1. The Balaban J connectivity index is 2.04. The lowest BCUT2D eigenvalue weighted by atomic mass is 10.0. The number of nitrogens with zero attached hydrogens (tertiary/aromatic N) is 3. The van der Waals surface area contributed by atoms with E-state index in [9.17, 15) is 4.39 Å². The van der Waals surface area contributed by atoms with Crippen molar-refractivity contribution in [2.24, 2.45) is 7.05 Å². The van der Waals surface area contributed by atoms with Crippen LogP contribution in [-0.4, -0.2) is 14.8 Å². The van der Waals surface area contributed by atoms with Gasteiger partial charge in [0.05, 0.1) is 22.6 Å². The molecule has 0 radical (unpaired) electrons. The molecule has 0 fully saturated rings. The van der Waals surface area contributed by atoms with Crippen LogP contribution in [0.2, 0.25) is 0 Å². The molecule has 4 heteroatoms. The molecule has 0 amide bonds. The van der Waals surface area contributed by atoms with Crippen LogP contribution in [-0.2, 0) is 7.05 Å². The molecule has 2 aromatic carbocycles. The molecule has 118 valence electrons. The van der Waals surface area contributed by atoms with Gasteiger partial charge in [-0.15, -0.1) is 0 Å². The van der Waals surface area contributed by atoms with E-state index in [0.717, 1.165) is 39.1 Å². The molecule has 4 aromatic rings. The van der Waals surface area contributed by atoms with Gasteiger partial charge in [0.2, 0.25) is 0 Å². The SMILES string of the molecule is Cc1nn(C)c2cc(-c3ccc(F)cc3)nc(-c3ccccc3)c12. The Labute approximate surface area is 139 Å². The van der Waals surface area contributed by atoms with Gasteiger partial charge >= 0.3 is 0 Å². The molecule has 2 aromatic heterocycles. The zero-order valence-electron chi connectivity index (χ0n) is 13.5. The zero-order valence-corrected chi connectivity index (χ0v) is 13.5. The first-order valence-corrected chi connectivity index (χ1v) is 7.79. The summed E-state index contributed by atoms with van der Waals surface area (Å²) in [5.74, 6) is -0.250. The third-order valence-corrected chi connectivity index (χ3v) is 4.20. The summed E-state index contributed by atoms with van der Waals surface area (Å²) in [7, 11) is 1.93. The van der Waals surface area contributed by atoms with Crippen LogP contribution in [0, 0.1) is 12.7 Å². The van der Waals surface area contributed by atoms with E-state index < -0.39 is 0 Å². The largest absolute Gasteiger partial charge is 0.268 e. The molecule has 0 aliphatic rings. The van der Waals surface area contributed by atoms with Crippen LogP contribution < -0.4 is 0 Å². The van der Waals surface area contributed by atoms with Crippen molar-refractivity contribution in [3.63, 3.8) is 0 Å². The molecule has 3 nitrogen and oxygen atoms in total. The molecule has 2 heterocycles. The fourth-order valence-electron chi connectivity index (χ4n) is 3.05. The van der Waals surface area contributed by atoms with E-state index in [4.69, 9.17) is 4.98 Å². The standard InChI is InChI=1S/C20H16FN3/c1-13-19-18(24(2)23-13)12-17(14-8-10-16(21)11-9-14)22-20(19)15-6-4-3-5-7-15/h3-12H,1-2H3. The first-order chi connectivity index (χ1) is 11.6. The molecule has 0 bridgehead atoms. The van der Waals surface area contributed by atoms with E-state index in [0.29, 0.717) is 0 Å². The zero-order chi connectivity index (χ0) is 16.7. The van der Waals surface area contributed by atoms with Crippen LogP contribution in [0.3, 0.4) is 0 Å². The lowest BCUT2D eigenvalue weighted by Gasteiger charge is -2.08. The molecule has 0 unspecified atom stereocenters. The van der Waals surface area contributed by atoms with Crippen LogP contribution in [0.25, 0.3) is 33.4 Å². The number of rotatable bonds is 2. The van der Waals surface area contributed by atoms with Gasteiger partial charge in [0.25, 0.3) is 0 Å². The molecule has 0 spiro atoms. The number of fused-ring (bicyclic) bond motifs is 1. The first-order valence-electron chi connectivity index (χ1n) is 7.79. The van der Waals surface area contributed by atoms with E-state index in [-0.39, 0.29) is 5.82 Å². The predicted molar refractivity (Wildman–Crippen MR) is 94.1 cm³/mol. The minimum atomic E-state index is -0.250. The van der Waals surface area contributed by atoms with Crippen molar-refractivity contribution in [2.75, 3.05) is 0 Å². The summed E-state index contributed by atoms with van der Waals surface area (Å²) in [5, 5.41) is 5.59. The van der Waals surface area contributed by atoms with Crippen molar-refractivity contribution in [1.82, 2.24) is 14.8 Å². The third-order valence-electron chi connectivity index (χ3n) is 4.20. The van der Waals surface area contributed by atoms with Gasteiger partial charge in [-0.2, -0.15) is 5.10 Å². The summed E-state index contributed by atoms with van der Waals surface area (Å²) < 4.78 is 15.1. The van der Waals surface area contributed by atoms with Crippen molar-refractivity contribution in [3.05, 3.63) is 72.2 Å². The van der Waals surface area contributed by atoms with Crippen molar-refractivity contribution in [2.45, 2.75) is 6.92 Å². The third kappa shape index (κ3) is 2.36. The van der Waals surface area contributed by atoms with Gasteiger partial charge in [0, 0.05) is 23.6 Å². The van der Waals surface area contributed by atoms with E-state index >= 15 is 0 Å². The monoisotopic (exact) mass is 317 g/mol. The Hall–Kier alpha value is -3.01. The van der Waals surface area contributed by atoms with Gasteiger partial charge in [-0.1, -0.05) is 30.3 Å². The van der Waals surface area contributed by atoms with Gasteiger partial charge in [-0.3, -0.25) is 4.68 Å². The maximum Gasteiger partial charge on any atom is 0.123 e. The maximum absolute atomic E-state index is 13.2. The maximum atomic E-state index is 13.2. The van der Waals surface area contributed by atoms with Gasteiger partial charge in [-0.25, -0.2) is 9.37 Å². The molecule has 24 heavy (non-hydrogen) atoms. The Morgan fingerprint density at radius 2 is 1.62 bits per heavy atom. The van der Waals surface area contributed by atoms with E-state index in [2.05, 4.69) is 5.10 Å². The number of hydrogen-bond donors (Lipinski definition) is 0. The minimum absolute atomic E-state index is 0.250. The molecule has 0 saturated heterocycles. The van der Waals surface area contributed by atoms with Crippen molar-refractivity contribution in [1.29, 1.82) is 0 Å². The Morgan fingerprint density at radius 1 is 0.917 bits per heavy atom. The molecule has 0 N–H and O–H groups in total. The molecule has 0 atom stereocenters. The van der Waals surface area contributed by atoms with Crippen molar-refractivity contribution in [3.8, 4) is 22.5 Å².